The molecule has 2 rings (SSSR count). The number of thiophene rings is 1. The molecular formula is C25H36N2O4S. The lowest BCUT2D eigenvalue weighted by molar-refractivity contribution is -0.141. The van der Waals surface area contributed by atoms with Crippen molar-refractivity contribution in [3.63, 3.8) is 0 Å². The van der Waals surface area contributed by atoms with Gasteiger partial charge in [0, 0.05) is 24.4 Å². The second kappa shape index (κ2) is 13.8. The van der Waals surface area contributed by atoms with E-state index in [1.165, 1.54) is 0 Å². The average Bonchev–Trinajstić information content (AvgIpc) is 3.32. The average molecular weight is 461 g/mol. The van der Waals surface area contributed by atoms with Crippen molar-refractivity contribution in [1.82, 2.24) is 9.80 Å². The van der Waals surface area contributed by atoms with E-state index in [-0.39, 0.29) is 18.4 Å². The van der Waals surface area contributed by atoms with Gasteiger partial charge in [0.05, 0.1) is 27.3 Å². The number of hydrogen-bond acceptors (Lipinski definition) is 5. The summed E-state index contributed by atoms with van der Waals surface area (Å²) in [5.74, 6) is 1.41. The predicted octanol–water partition coefficient (Wildman–Crippen LogP) is 4.77. The van der Waals surface area contributed by atoms with E-state index < -0.39 is 0 Å². The topological polar surface area (TPSA) is 59.1 Å². The maximum absolute atomic E-state index is 13.3. The Balaban J connectivity index is 2.12. The molecule has 0 aliphatic rings. The highest BCUT2D eigenvalue weighted by Gasteiger charge is 2.21. The van der Waals surface area contributed by atoms with Gasteiger partial charge in [0.1, 0.15) is 0 Å². The number of hydrogen-bond donors (Lipinski definition) is 0. The van der Waals surface area contributed by atoms with Crippen LogP contribution in [0, 0.1) is 0 Å². The van der Waals surface area contributed by atoms with Gasteiger partial charge in [0.25, 0.3) is 0 Å². The second-order valence-corrected chi connectivity index (χ2v) is 8.79. The lowest BCUT2D eigenvalue weighted by Crippen LogP contribution is -2.43. The van der Waals surface area contributed by atoms with Crippen LogP contribution >= 0.6 is 11.3 Å². The summed E-state index contributed by atoms with van der Waals surface area (Å²) in [7, 11) is 3.23. The Labute approximate surface area is 196 Å². The molecule has 1 aromatic heterocycles. The van der Waals surface area contributed by atoms with E-state index in [2.05, 4.69) is 6.92 Å². The first kappa shape index (κ1) is 25.7. The van der Waals surface area contributed by atoms with Crippen molar-refractivity contribution < 1.29 is 19.1 Å². The van der Waals surface area contributed by atoms with Crippen LogP contribution in [0.2, 0.25) is 0 Å². The highest BCUT2D eigenvalue weighted by atomic mass is 32.1. The van der Waals surface area contributed by atoms with Gasteiger partial charge in [0.2, 0.25) is 11.8 Å². The van der Waals surface area contributed by atoms with Gasteiger partial charge in [-0.25, -0.2) is 0 Å². The van der Waals surface area contributed by atoms with Crippen LogP contribution in [0.15, 0.2) is 35.7 Å². The van der Waals surface area contributed by atoms with Gasteiger partial charge in [0.15, 0.2) is 11.5 Å². The van der Waals surface area contributed by atoms with Gasteiger partial charge < -0.3 is 19.3 Å². The van der Waals surface area contributed by atoms with E-state index in [1.807, 2.05) is 47.5 Å². The molecular weight excluding hydrogens is 424 g/mol. The second-order valence-electron chi connectivity index (χ2n) is 7.75. The predicted molar refractivity (Wildman–Crippen MR) is 129 cm³/mol. The number of ether oxygens (including phenoxy) is 2. The fourth-order valence-electron chi connectivity index (χ4n) is 3.46. The van der Waals surface area contributed by atoms with E-state index in [9.17, 15) is 9.59 Å². The summed E-state index contributed by atoms with van der Waals surface area (Å²) >= 11 is 1.64. The third kappa shape index (κ3) is 7.86. The highest BCUT2D eigenvalue weighted by Crippen LogP contribution is 2.28. The van der Waals surface area contributed by atoms with Crippen LogP contribution in [0.25, 0.3) is 0 Å². The minimum absolute atomic E-state index is 0.0144. The lowest BCUT2D eigenvalue weighted by Gasteiger charge is -2.28. The fraction of sp³-hybridized carbons (Fsp3) is 0.520. The number of methoxy groups -OCH3 is 2. The Bertz CT molecular complexity index is 838. The minimum Gasteiger partial charge on any atom is -0.493 e. The van der Waals surface area contributed by atoms with Gasteiger partial charge in [-0.1, -0.05) is 32.4 Å². The van der Waals surface area contributed by atoms with E-state index >= 15 is 0 Å². The van der Waals surface area contributed by atoms with Gasteiger partial charge in [-0.05, 0) is 48.4 Å². The van der Waals surface area contributed by atoms with Crippen molar-refractivity contribution in [1.29, 1.82) is 0 Å². The number of nitrogens with zero attached hydrogens (tertiary/aromatic N) is 2. The SMILES string of the molecule is CCCCN(CC(=O)N(CCc1ccc(OC)c(OC)c1)Cc1cccs1)C(=O)CCC. The number of unbranched alkanes of at least 4 members (excludes halogenated alkanes) is 1. The smallest absolute Gasteiger partial charge is 0.242 e. The van der Waals surface area contributed by atoms with E-state index in [0.717, 1.165) is 29.7 Å². The van der Waals surface area contributed by atoms with Crippen LogP contribution in [-0.2, 0) is 22.6 Å². The fourth-order valence-corrected chi connectivity index (χ4v) is 4.18. The summed E-state index contributed by atoms with van der Waals surface area (Å²) < 4.78 is 10.7. The lowest BCUT2D eigenvalue weighted by atomic mass is 10.1. The van der Waals surface area contributed by atoms with Crippen molar-refractivity contribution in [3.05, 3.63) is 46.2 Å². The molecule has 1 aromatic carbocycles. The Morgan fingerprint density at radius 3 is 2.34 bits per heavy atom. The number of carbonyl (C=O) groups is 2. The molecule has 0 aliphatic heterocycles. The first-order valence-electron chi connectivity index (χ1n) is 11.3. The molecule has 32 heavy (non-hydrogen) atoms. The molecule has 0 bridgehead atoms. The first-order valence-corrected chi connectivity index (χ1v) is 12.2. The molecule has 2 amide bonds. The van der Waals surface area contributed by atoms with Crippen LogP contribution in [0.3, 0.4) is 0 Å². The summed E-state index contributed by atoms with van der Waals surface area (Å²) in [5, 5.41) is 2.02. The standard InChI is InChI=1S/C25H36N2O4S/c1-5-7-14-26(24(28)9-6-2)19-25(29)27(18-21-10-8-16-32-21)15-13-20-11-12-22(30-3)23(17-20)31-4/h8,10-12,16-17H,5-7,9,13-15,18-19H2,1-4H3. The molecule has 0 saturated heterocycles. The Hall–Kier alpha value is -2.54. The van der Waals surface area contributed by atoms with Crippen molar-refractivity contribution in [3.8, 4) is 11.5 Å². The molecule has 2 aromatic rings. The van der Waals surface area contributed by atoms with Crippen LogP contribution in [0.5, 0.6) is 11.5 Å². The summed E-state index contributed by atoms with van der Waals surface area (Å²) in [6, 6.07) is 9.86. The molecule has 7 heteroatoms. The van der Waals surface area contributed by atoms with E-state index in [1.54, 1.807) is 30.5 Å². The van der Waals surface area contributed by atoms with Crippen molar-refractivity contribution in [2.45, 2.75) is 52.5 Å². The minimum atomic E-state index is -0.0144. The number of carbonyl (C=O) groups excluding carboxylic acids is 2. The molecule has 0 unspecified atom stereocenters. The molecule has 0 N–H and O–H groups in total. The van der Waals surface area contributed by atoms with Crippen LogP contribution in [0.4, 0.5) is 0 Å². The zero-order valence-electron chi connectivity index (χ0n) is 19.8. The first-order chi connectivity index (χ1) is 15.5. The van der Waals surface area contributed by atoms with Crippen molar-refractivity contribution in [2.24, 2.45) is 0 Å². The van der Waals surface area contributed by atoms with E-state index in [4.69, 9.17) is 9.47 Å². The highest BCUT2D eigenvalue weighted by molar-refractivity contribution is 7.09. The molecule has 0 radical (unpaired) electrons. The summed E-state index contributed by atoms with van der Waals surface area (Å²) in [4.78, 5) is 30.6. The zero-order chi connectivity index (χ0) is 23.3. The summed E-state index contributed by atoms with van der Waals surface area (Å²) in [6.07, 6.45) is 3.85. The maximum Gasteiger partial charge on any atom is 0.242 e. The monoisotopic (exact) mass is 460 g/mol. The molecule has 0 fully saturated rings. The molecule has 176 valence electrons. The molecule has 0 aliphatic carbocycles. The van der Waals surface area contributed by atoms with Crippen LogP contribution in [0.1, 0.15) is 50.0 Å². The summed E-state index contributed by atoms with van der Waals surface area (Å²) in [5.41, 5.74) is 1.07. The normalized spacial score (nSPS) is 10.6. The number of benzene rings is 1. The number of amides is 2. The molecule has 0 spiro atoms. The van der Waals surface area contributed by atoms with Gasteiger partial charge in [-0.3, -0.25) is 9.59 Å². The number of rotatable bonds is 14. The Morgan fingerprint density at radius 2 is 1.72 bits per heavy atom. The Morgan fingerprint density at radius 1 is 0.938 bits per heavy atom. The molecule has 0 saturated carbocycles. The molecule has 0 atom stereocenters. The van der Waals surface area contributed by atoms with Gasteiger partial charge in [-0.2, -0.15) is 0 Å². The van der Waals surface area contributed by atoms with Gasteiger partial charge in [-0.15, -0.1) is 11.3 Å². The van der Waals surface area contributed by atoms with E-state index in [0.29, 0.717) is 44.0 Å². The van der Waals surface area contributed by atoms with Crippen LogP contribution < -0.4 is 9.47 Å². The van der Waals surface area contributed by atoms with Crippen LogP contribution in [-0.4, -0.2) is 55.5 Å². The summed E-state index contributed by atoms with van der Waals surface area (Å²) in [6.45, 7) is 5.96. The largest absolute Gasteiger partial charge is 0.493 e. The maximum atomic E-state index is 13.3. The Kier molecular flexibility index (Phi) is 11.1. The van der Waals surface area contributed by atoms with Gasteiger partial charge >= 0.3 is 0 Å². The third-order valence-electron chi connectivity index (χ3n) is 5.32. The van der Waals surface area contributed by atoms with Crippen molar-refractivity contribution >= 4 is 23.2 Å². The quantitative estimate of drug-likeness (QED) is 0.408. The third-order valence-corrected chi connectivity index (χ3v) is 6.18. The molecule has 1 heterocycles. The molecule has 6 nitrogen and oxygen atoms in total. The zero-order valence-corrected chi connectivity index (χ0v) is 20.6. The van der Waals surface area contributed by atoms with Crippen molar-refractivity contribution in [2.75, 3.05) is 33.9 Å².